The lowest BCUT2D eigenvalue weighted by Crippen LogP contribution is -2.38. The van der Waals surface area contributed by atoms with Gasteiger partial charge in [0.2, 0.25) is 5.88 Å². The Morgan fingerprint density at radius 3 is 2.39 bits per heavy atom. The van der Waals surface area contributed by atoms with Gasteiger partial charge in [-0.15, -0.1) is 0 Å². The van der Waals surface area contributed by atoms with Crippen LogP contribution in [0.15, 0.2) is 9.59 Å². The first kappa shape index (κ1) is 14.5. The summed E-state index contributed by atoms with van der Waals surface area (Å²) in [5.74, 6) is -0.254. The molecule has 0 aliphatic carbocycles. The van der Waals surface area contributed by atoms with Crippen molar-refractivity contribution in [3.05, 3.63) is 26.4 Å². The fourth-order valence-corrected chi connectivity index (χ4v) is 2.14. The zero-order valence-electron chi connectivity index (χ0n) is 11.6. The van der Waals surface area contributed by atoms with E-state index in [0.29, 0.717) is 6.54 Å². The number of aromatic amines is 1. The van der Waals surface area contributed by atoms with Crippen LogP contribution in [0.5, 0.6) is 5.88 Å². The maximum Gasteiger partial charge on any atom is 0.331 e. The van der Waals surface area contributed by atoms with Crippen molar-refractivity contribution in [1.29, 1.82) is 0 Å². The number of aromatic nitrogens is 2. The monoisotopic (exact) mass is 255 g/mol. The maximum absolute atomic E-state index is 11.7. The lowest BCUT2D eigenvalue weighted by molar-refractivity contribution is 0.199. The van der Waals surface area contributed by atoms with Gasteiger partial charge in [-0.1, -0.05) is 13.8 Å². The van der Waals surface area contributed by atoms with Gasteiger partial charge in [0, 0.05) is 13.1 Å². The molecule has 0 bridgehead atoms. The summed E-state index contributed by atoms with van der Waals surface area (Å²) in [6.45, 7) is 6.59. The SMILES string of the molecule is Cc1c(O)n(CC(C)(C)CN(C)C)c(=O)[nH]c1=O. The first-order valence-electron chi connectivity index (χ1n) is 5.81. The highest BCUT2D eigenvalue weighted by atomic mass is 16.3. The minimum absolute atomic E-state index is 0.162. The van der Waals surface area contributed by atoms with E-state index in [2.05, 4.69) is 4.98 Å². The lowest BCUT2D eigenvalue weighted by Gasteiger charge is -2.29. The normalized spacial score (nSPS) is 12.1. The molecule has 1 aromatic heterocycles. The number of rotatable bonds is 4. The summed E-state index contributed by atoms with van der Waals surface area (Å²) in [5.41, 5.74) is -1.15. The Hall–Kier alpha value is -1.56. The molecule has 0 aliphatic rings. The molecule has 0 fully saturated rings. The molecule has 6 heteroatoms. The molecule has 2 N–H and O–H groups in total. The molecule has 18 heavy (non-hydrogen) atoms. The Labute approximate surface area is 106 Å². The van der Waals surface area contributed by atoms with E-state index >= 15 is 0 Å². The fraction of sp³-hybridized carbons (Fsp3) is 0.667. The van der Waals surface area contributed by atoms with Crippen LogP contribution in [0.25, 0.3) is 0 Å². The highest BCUT2D eigenvalue weighted by Gasteiger charge is 2.22. The summed E-state index contributed by atoms with van der Waals surface area (Å²) >= 11 is 0. The predicted molar refractivity (Wildman–Crippen MR) is 70.1 cm³/mol. The molecule has 0 radical (unpaired) electrons. The number of hydrogen-bond donors (Lipinski definition) is 2. The Morgan fingerprint density at radius 1 is 1.33 bits per heavy atom. The Morgan fingerprint density at radius 2 is 1.89 bits per heavy atom. The van der Waals surface area contributed by atoms with Gasteiger partial charge in [0.15, 0.2) is 0 Å². The van der Waals surface area contributed by atoms with Crippen molar-refractivity contribution in [2.75, 3.05) is 20.6 Å². The highest BCUT2D eigenvalue weighted by molar-refractivity contribution is 5.20. The van der Waals surface area contributed by atoms with Crippen LogP contribution in [0.3, 0.4) is 0 Å². The van der Waals surface area contributed by atoms with Gasteiger partial charge in [-0.2, -0.15) is 0 Å². The fourth-order valence-electron chi connectivity index (χ4n) is 2.14. The molecule has 0 aliphatic heterocycles. The molecule has 1 heterocycles. The standard InChI is InChI=1S/C12H21N3O3/c1-8-9(16)13-11(18)15(10(8)17)7-12(2,3)6-14(4)5/h17H,6-7H2,1-5H3,(H,13,16,18). The molecule has 0 unspecified atom stereocenters. The summed E-state index contributed by atoms with van der Waals surface area (Å²) in [5, 5.41) is 9.89. The molecule has 0 amide bonds. The minimum atomic E-state index is -0.574. The summed E-state index contributed by atoms with van der Waals surface area (Å²) in [7, 11) is 3.89. The van der Waals surface area contributed by atoms with Crippen molar-refractivity contribution in [1.82, 2.24) is 14.5 Å². The molecule has 0 spiro atoms. The number of nitrogens with zero attached hydrogens (tertiary/aromatic N) is 2. The molecule has 102 valence electrons. The second-order valence-electron chi connectivity index (χ2n) is 5.70. The first-order chi connectivity index (χ1) is 8.14. The van der Waals surface area contributed by atoms with Gasteiger partial charge in [-0.3, -0.25) is 14.3 Å². The molecule has 0 aromatic carbocycles. The molecule has 0 saturated heterocycles. The summed E-state index contributed by atoms with van der Waals surface area (Å²) in [4.78, 5) is 27.2. The van der Waals surface area contributed by atoms with Crippen LogP contribution in [-0.2, 0) is 6.54 Å². The van der Waals surface area contributed by atoms with Crippen LogP contribution >= 0.6 is 0 Å². The predicted octanol–water partition coefficient (Wildman–Crippen LogP) is 0.138. The van der Waals surface area contributed by atoms with E-state index < -0.39 is 11.2 Å². The third-order valence-corrected chi connectivity index (χ3v) is 2.73. The molecule has 0 saturated carbocycles. The highest BCUT2D eigenvalue weighted by Crippen LogP contribution is 2.21. The van der Waals surface area contributed by atoms with E-state index in [-0.39, 0.29) is 16.9 Å². The minimum Gasteiger partial charge on any atom is -0.494 e. The van der Waals surface area contributed by atoms with Crippen molar-refractivity contribution < 1.29 is 5.11 Å². The smallest absolute Gasteiger partial charge is 0.331 e. The van der Waals surface area contributed by atoms with E-state index in [0.717, 1.165) is 6.54 Å². The largest absolute Gasteiger partial charge is 0.494 e. The van der Waals surface area contributed by atoms with E-state index in [4.69, 9.17) is 0 Å². The summed E-state index contributed by atoms with van der Waals surface area (Å²) < 4.78 is 1.21. The molecular formula is C12H21N3O3. The maximum atomic E-state index is 11.7. The van der Waals surface area contributed by atoms with Gasteiger partial charge in [0.1, 0.15) is 0 Å². The van der Waals surface area contributed by atoms with Crippen LogP contribution in [0.2, 0.25) is 0 Å². The summed E-state index contributed by atoms with van der Waals surface area (Å²) in [6, 6.07) is 0. The van der Waals surface area contributed by atoms with Crippen LogP contribution < -0.4 is 11.2 Å². The Balaban J connectivity index is 3.17. The molecular weight excluding hydrogens is 234 g/mol. The topological polar surface area (TPSA) is 78.3 Å². The van der Waals surface area contributed by atoms with Crippen molar-refractivity contribution in [3.8, 4) is 5.88 Å². The van der Waals surface area contributed by atoms with Gasteiger partial charge in [-0.05, 0) is 26.4 Å². The number of H-pyrrole nitrogens is 1. The first-order valence-corrected chi connectivity index (χ1v) is 5.81. The second kappa shape index (κ2) is 4.97. The van der Waals surface area contributed by atoms with Crippen molar-refractivity contribution in [3.63, 3.8) is 0 Å². The molecule has 1 aromatic rings. The third kappa shape index (κ3) is 3.22. The molecule has 1 rings (SSSR count). The average Bonchev–Trinajstić information content (AvgIpc) is 2.19. The summed E-state index contributed by atoms with van der Waals surface area (Å²) in [6.07, 6.45) is 0. The quantitative estimate of drug-likeness (QED) is 0.802. The number of hydrogen-bond acceptors (Lipinski definition) is 4. The van der Waals surface area contributed by atoms with Crippen LogP contribution in [0.4, 0.5) is 0 Å². The Bertz CT molecular complexity index is 540. The van der Waals surface area contributed by atoms with E-state index in [9.17, 15) is 14.7 Å². The second-order valence-corrected chi connectivity index (χ2v) is 5.70. The van der Waals surface area contributed by atoms with Gasteiger partial charge in [0.05, 0.1) is 5.56 Å². The van der Waals surface area contributed by atoms with Crippen LogP contribution in [0.1, 0.15) is 19.4 Å². The van der Waals surface area contributed by atoms with Crippen LogP contribution in [-0.4, -0.2) is 40.2 Å². The van der Waals surface area contributed by atoms with Crippen molar-refractivity contribution in [2.24, 2.45) is 5.41 Å². The van der Waals surface area contributed by atoms with Crippen LogP contribution in [0, 0.1) is 12.3 Å². The van der Waals surface area contributed by atoms with Gasteiger partial charge >= 0.3 is 5.69 Å². The van der Waals surface area contributed by atoms with E-state index in [1.807, 2.05) is 32.8 Å². The number of aromatic hydroxyl groups is 1. The van der Waals surface area contributed by atoms with Gasteiger partial charge < -0.3 is 10.0 Å². The number of nitrogens with one attached hydrogen (secondary N) is 1. The van der Waals surface area contributed by atoms with Crippen molar-refractivity contribution >= 4 is 0 Å². The molecule has 0 atom stereocenters. The Kier molecular flexibility index (Phi) is 4.01. The van der Waals surface area contributed by atoms with E-state index in [1.54, 1.807) is 0 Å². The molecule has 6 nitrogen and oxygen atoms in total. The van der Waals surface area contributed by atoms with Crippen molar-refractivity contribution in [2.45, 2.75) is 27.3 Å². The lowest BCUT2D eigenvalue weighted by atomic mass is 9.93. The zero-order chi connectivity index (χ0) is 14.1. The van der Waals surface area contributed by atoms with E-state index in [1.165, 1.54) is 11.5 Å². The van der Waals surface area contributed by atoms with Gasteiger partial charge in [0.25, 0.3) is 5.56 Å². The average molecular weight is 255 g/mol. The zero-order valence-corrected chi connectivity index (χ0v) is 11.6. The van der Waals surface area contributed by atoms with Gasteiger partial charge in [-0.25, -0.2) is 4.79 Å². The third-order valence-electron chi connectivity index (χ3n) is 2.73.